The Morgan fingerprint density at radius 3 is 2.07 bits per heavy atom. The van der Waals surface area contributed by atoms with Crippen LogP contribution in [-0.2, 0) is 23.8 Å². The molecule has 10 nitrogen and oxygen atoms in total. The number of methoxy groups -OCH3 is 2. The van der Waals surface area contributed by atoms with Crippen molar-refractivity contribution in [1.82, 2.24) is 10.2 Å². The number of benzene rings is 2. The van der Waals surface area contributed by atoms with Crippen LogP contribution in [0.1, 0.15) is 31.7 Å². The second-order valence-electron chi connectivity index (χ2n) is 10.7. The Labute approximate surface area is 262 Å². The van der Waals surface area contributed by atoms with Crippen molar-refractivity contribution >= 4 is 17.6 Å². The predicted molar refractivity (Wildman–Crippen MR) is 164 cm³/mol. The number of allylic oxidation sites excluding steroid dienone is 2. The highest BCUT2D eigenvalue weighted by Crippen LogP contribution is 2.43. The molecule has 4 rings (SSSR count). The van der Waals surface area contributed by atoms with Crippen molar-refractivity contribution in [2.45, 2.75) is 32.8 Å². The number of carbonyl (C=O) groups is 2. The lowest BCUT2D eigenvalue weighted by atomic mass is 9.80. The second kappa shape index (κ2) is 16.2. The molecule has 2 aromatic carbocycles. The molecule has 2 heterocycles. The Hall–Kier alpha value is -4.16. The molecule has 244 valence electrons. The predicted octanol–water partition coefficient (Wildman–Crippen LogP) is 4.48. The van der Waals surface area contributed by atoms with Crippen molar-refractivity contribution < 1.29 is 42.1 Å². The molecule has 0 amide bonds. The standard InChI is InChI=1S/C33H41F2N3O7/c1-22-28(31(39)43-19-9-14-37-15-17-38(18-16-37)25-11-6-8-13-27(25)42-4)30(24-10-5-7-12-26(24)45-33(34)35)29(23(2)36-22)32(40)44-21-20-41-3/h5-8,10-13,30,33,36H,9,14-21H2,1-4H3. The number of para-hydroxylation sites is 3. The first-order valence-corrected chi connectivity index (χ1v) is 14.9. The van der Waals surface area contributed by atoms with Crippen LogP contribution in [0.3, 0.4) is 0 Å². The minimum atomic E-state index is -3.10. The van der Waals surface area contributed by atoms with E-state index in [1.807, 2.05) is 18.2 Å². The van der Waals surface area contributed by atoms with E-state index in [1.165, 1.54) is 13.2 Å². The van der Waals surface area contributed by atoms with Gasteiger partial charge in [-0.05, 0) is 38.5 Å². The summed E-state index contributed by atoms with van der Waals surface area (Å²) < 4.78 is 53.2. The summed E-state index contributed by atoms with van der Waals surface area (Å²) in [6, 6.07) is 14.0. The number of ether oxygens (including phenoxy) is 5. The van der Waals surface area contributed by atoms with Crippen LogP contribution in [0.4, 0.5) is 14.5 Å². The van der Waals surface area contributed by atoms with Gasteiger partial charge in [0.1, 0.15) is 18.1 Å². The molecule has 12 heteroatoms. The Kier molecular flexibility index (Phi) is 12.2. The van der Waals surface area contributed by atoms with Gasteiger partial charge in [0.15, 0.2) is 0 Å². The Balaban J connectivity index is 1.44. The van der Waals surface area contributed by atoms with Crippen LogP contribution in [0.2, 0.25) is 0 Å². The van der Waals surface area contributed by atoms with E-state index in [0.717, 1.165) is 44.2 Å². The molecule has 0 spiro atoms. The Morgan fingerprint density at radius 2 is 1.44 bits per heavy atom. The maximum atomic E-state index is 13.6. The highest BCUT2D eigenvalue weighted by atomic mass is 19.3. The molecule has 1 atom stereocenters. The first kappa shape index (κ1) is 33.7. The topological polar surface area (TPSA) is 98.8 Å². The molecule has 0 aliphatic carbocycles. The molecule has 2 aromatic rings. The number of alkyl halides is 2. The van der Waals surface area contributed by atoms with Gasteiger partial charge in [-0.25, -0.2) is 9.59 Å². The van der Waals surface area contributed by atoms with E-state index in [2.05, 4.69) is 21.2 Å². The van der Waals surface area contributed by atoms with Crippen LogP contribution in [0.5, 0.6) is 11.5 Å². The summed E-state index contributed by atoms with van der Waals surface area (Å²) >= 11 is 0. The first-order valence-electron chi connectivity index (χ1n) is 14.9. The number of nitrogens with one attached hydrogen (secondary N) is 1. The summed E-state index contributed by atoms with van der Waals surface area (Å²) in [5, 5.41) is 3.08. The van der Waals surface area contributed by atoms with Crippen molar-refractivity contribution in [3.63, 3.8) is 0 Å². The zero-order valence-corrected chi connectivity index (χ0v) is 26.1. The summed E-state index contributed by atoms with van der Waals surface area (Å²) in [4.78, 5) is 31.5. The van der Waals surface area contributed by atoms with Crippen LogP contribution < -0.4 is 19.7 Å². The third-order valence-corrected chi connectivity index (χ3v) is 7.82. The number of halogens is 2. The smallest absolute Gasteiger partial charge is 0.387 e. The van der Waals surface area contributed by atoms with Gasteiger partial charge >= 0.3 is 18.6 Å². The molecule has 2 aliphatic rings. The molecule has 1 unspecified atom stereocenters. The lowest BCUT2D eigenvalue weighted by molar-refractivity contribution is -0.141. The molecule has 1 N–H and O–H groups in total. The van der Waals surface area contributed by atoms with E-state index < -0.39 is 24.5 Å². The highest BCUT2D eigenvalue weighted by molar-refractivity contribution is 6.00. The van der Waals surface area contributed by atoms with Crippen molar-refractivity contribution in [3.05, 3.63) is 76.6 Å². The van der Waals surface area contributed by atoms with Gasteiger partial charge in [-0.1, -0.05) is 30.3 Å². The summed E-state index contributed by atoms with van der Waals surface area (Å²) in [6.07, 6.45) is 0.594. The maximum absolute atomic E-state index is 13.6. The molecular formula is C33H41F2N3O7. The summed E-state index contributed by atoms with van der Waals surface area (Å²) in [5.74, 6) is -1.74. The van der Waals surface area contributed by atoms with E-state index in [1.54, 1.807) is 39.2 Å². The fourth-order valence-corrected chi connectivity index (χ4v) is 5.70. The van der Waals surface area contributed by atoms with Crippen molar-refractivity contribution in [3.8, 4) is 11.5 Å². The fraction of sp³-hybridized carbons (Fsp3) is 0.455. The number of anilines is 1. The highest BCUT2D eigenvalue weighted by Gasteiger charge is 2.39. The zero-order chi connectivity index (χ0) is 32.3. The molecule has 1 fully saturated rings. The summed E-state index contributed by atoms with van der Waals surface area (Å²) in [6.45, 7) is 4.63. The first-order chi connectivity index (χ1) is 21.7. The normalized spacial score (nSPS) is 17.3. The lowest BCUT2D eigenvalue weighted by Crippen LogP contribution is -2.46. The van der Waals surface area contributed by atoms with Gasteiger partial charge in [0.2, 0.25) is 0 Å². The minimum absolute atomic E-state index is 0.0242. The average molecular weight is 630 g/mol. The molecule has 1 saturated heterocycles. The second-order valence-corrected chi connectivity index (χ2v) is 10.7. The molecule has 45 heavy (non-hydrogen) atoms. The third kappa shape index (κ3) is 8.52. The number of hydrogen-bond acceptors (Lipinski definition) is 10. The average Bonchev–Trinajstić information content (AvgIpc) is 3.03. The van der Waals surface area contributed by atoms with Crippen molar-refractivity contribution in [1.29, 1.82) is 0 Å². The van der Waals surface area contributed by atoms with Gasteiger partial charge in [-0.3, -0.25) is 4.90 Å². The third-order valence-electron chi connectivity index (χ3n) is 7.82. The Morgan fingerprint density at radius 1 is 0.844 bits per heavy atom. The van der Waals surface area contributed by atoms with E-state index in [-0.39, 0.29) is 42.3 Å². The molecule has 0 saturated carbocycles. The van der Waals surface area contributed by atoms with Crippen LogP contribution in [0, 0.1) is 0 Å². The van der Waals surface area contributed by atoms with Gasteiger partial charge in [-0.15, -0.1) is 0 Å². The van der Waals surface area contributed by atoms with Gasteiger partial charge in [0.25, 0.3) is 0 Å². The SMILES string of the molecule is COCCOC(=O)C1=C(C)NC(C)=C(C(=O)OCCCN2CCN(c3ccccc3OC)CC2)C1c1ccccc1OC(F)F. The molecule has 0 aromatic heterocycles. The zero-order valence-electron chi connectivity index (χ0n) is 26.1. The summed E-state index contributed by atoms with van der Waals surface area (Å²) in [7, 11) is 3.14. The monoisotopic (exact) mass is 629 g/mol. The van der Waals surface area contributed by atoms with Crippen molar-refractivity contribution in [2.75, 3.05) is 71.7 Å². The van der Waals surface area contributed by atoms with Crippen molar-refractivity contribution in [2.24, 2.45) is 0 Å². The number of hydrogen-bond donors (Lipinski definition) is 1. The molecule has 2 aliphatic heterocycles. The van der Waals surface area contributed by atoms with E-state index >= 15 is 0 Å². The van der Waals surface area contributed by atoms with Gasteiger partial charge in [-0.2, -0.15) is 8.78 Å². The fourth-order valence-electron chi connectivity index (χ4n) is 5.70. The number of piperazine rings is 1. The van der Waals surface area contributed by atoms with Crippen LogP contribution >= 0.6 is 0 Å². The van der Waals surface area contributed by atoms with E-state index in [0.29, 0.717) is 17.8 Å². The van der Waals surface area contributed by atoms with Gasteiger partial charge in [0.05, 0.1) is 43.1 Å². The maximum Gasteiger partial charge on any atom is 0.387 e. The number of esters is 2. The number of dihydropyridines is 1. The minimum Gasteiger partial charge on any atom is -0.495 e. The van der Waals surface area contributed by atoms with Crippen LogP contribution in [0.15, 0.2) is 71.1 Å². The quantitative estimate of drug-likeness (QED) is 0.238. The molecule has 0 radical (unpaired) electrons. The number of carbonyl (C=O) groups excluding carboxylic acids is 2. The van der Waals surface area contributed by atoms with Gasteiger partial charge in [0, 0.05) is 56.8 Å². The number of rotatable bonds is 14. The lowest BCUT2D eigenvalue weighted by Gasteiger charge is -2.36. The molecular weight excluding hydrogens is 588 g/mol. The number of nitrogens with zero attached hydrogens (tertiary/aromatic N) is 2. The van der Waals surface area contributed by atoms with Crippen LogP contribution in [0.25, 0.3) is 0 Å². The Bertz CT molecular complexity index is 1390. The van der Waals surface area contributed by atoms with Crippen LogP contribution in [-0.4, -0.2) is 90.2 Å². The summed E-state index contributed by atoms with van der Waals surface area (Å²) in [5.41, 5.74) is 2.37. The largest absolute Gasteiger partial charge is 0.495 e. The van der Waals surface area contributed by atoms with Gasteiger partial charge < -0.3 is 33.9 Å². The van der Waals surface area contributed by atoms with E-state index in [9.17, 15) is 18.4 Å². The molecule has 0 bridgehead atoms. The van der Waals surface area contributed by atoms with E-state index in [4.69, 9.17) is 23.7 Å².